The number of rotatable bonds is 6. The second kappa shape index (κ2) is 7.98. The molecule has 0 aliphatic carbocycles. The third-order valence-corrected chi connectivity index (χ3v) is 3.78. The molecule has 9 nitrogen and oxygen atoms in total. The third kappa shape index (κ3) is 4.59. The van der Waals surface area contributed by atoms with Crippen molar-refractivity contribution in [2.45, 2.75) is 50.8 Å². The highest BCUT2D eigenvalue weighted by Crippen LogP contribution is 2.32. The molecule has 0 unspecified atom stereocenters. The van der Waals surface area contributed by atoms with Gasteiger partial charge in [-0.3, -0.25) is 0 Å². The number of carbonyl (C=O) groups excluding carboxylic acids is 1. The Hall–Kier alpha value is -1.91. The zero-order chi connectivity index (χ0) is 18.6. The van der Waals surface area contributed by atoms with Crippen LogP contribution < -0.4 is 10.5 Å². The molecule has 1 aliphatic rings. The maximum absolute atomic E-state index is 10.6. The minimum absolute atomic E-state index is 0.00531. The number of primary amides is 1. The third-order valence-electron chi connectivity index (χ3n) is 3.78. The molecular formula is C16H23NO8. The van der Waals surface area contributed by atoms with Crippen LogP contribution in [0.5, 0.6) is 5.75 Å². The molecule has 0 aromatic heterocycles. The van der Waals surface area contributed by atoms with Gasteiger partial charge in [-0.2, -0.15) is 0 Å². The first-order chi connectivity index (χ1) is 11.8. The summed E-state index contributed by atoms with van der Waals surface area (Å²) in [6.45, 7) is 3.46. The lowest BCUT2D eigenvalue weighted by molar-refractivity contribution is -0.420. The Morgan fingerprint density at radius 3 is 2.52 bits per heavy atom. The average molecular weight is 357 g/mol. The molecule has 1 amide bonds. The Balaban J connectivity index is 2.10. The Labute approximate surface area is 144 Å². The van der Waals surface area contributed by atoms with Gasteiger partial charge in [-0.15, -0.1) is 0 Å². The van der Waals surface area contributed by atoms with Crippen molar-refractivity contribution >= 4 is 6.09 Å². The molecule has 5 atom stereocenters. The molecular weight excluding hydrogens is 334 g/mol. The van der Waals surface area contributed by atoms with Crippen molar-refractivity contribution in [1.82, 2.24) is 0 Å². The molecule has 1 aromatic rings. The number of benzene rings is 1. The lowest BCUT2D eigenvalue weighted by Crippen LogP contribution is -2.66. The summed E-state index contributed by atoms with van der Waals surface area (Å²) in [6, 6.07) is 6.18. The summed E-state index contributed by atoms with van der Waals surface area (Å²) in [7, 11) is 0. The Kier molecular flexibility index (Phi) is 6.20. The van der Waals surface area contributed by atoms with E-state index < -0.39 is 36.5 Å². The van der Waals surface area contributed by atoms with Gasteiger partial charge in [0.25, 0.3) is 0 Å². The molecule has 1 fully saturated rings. The van der Waals surface area contributed by atoms with Crippen LogP contribution in [-0.2, 0) is 20.8 Å². The summed E-state index contributed by atoms with van der Waals surface area (Å²) in [6.07, 6.45) is -5.53. The standard InChI is InChI=1S/C16H23NO8/c1-3-22-13-12(18)9(2)24-16(21,14(13)19)25-11-6-4-10(5-7-11)8-23-15(17)20/h4-7,9,12-14,18-19,21H,3,8H2,1-2H3,(H2,17,20)/t9-,12-,13+,14+,16+/m0/s1. The number of ether oxygens (including phenoxy) is 4. The van der Waals surface area contributed by atoms with Crippen molar-refractivity contribution in [3.63, 3.8) is 0 Å². The predicted octanol–water partition coefficient (Wildman–Crippen LogP) is -0.148. The summed E-state index contributed by atoms with van der Waals surface area (Å²) in [4.78, 5) is 10.6. The van der Waals surface area contributed by atoms with E-state index in [-0.39, 0.29) is 19.0 Å². The molecule has 0 spiro atoms. The first-order valence-electron chi connectivity index (χ1n) is 7.85. The maximum Gasteiger partial charge on any atom is 0.404 e. The molecule has 140 valence electrons. The number of aliphatic hydroxyl groups is 3. The van der Waals surface area contributed by atoms with Crippen LogP contribution >= 0.6 is 0 Å². The largest absolute Gasteiger partial charge is 0.445 e. The van der Waals surface area contributed by atoms with Crippen molar-refractivity contribution in [3.8, 4) is 5.75 Å². The van der Waals surface area contributed by atoms with E-state index >= 15 is 0 Å². The SMILES string of the molecule is CCO[C@@H]1[C@@H](O)[C@H](C)O[C@@](O)(Oc2ccc(COC(N)=O)cc2)[C@@H]1O. The van der Waals surface area contributed by atoms with Crippen LogP contribution in [0.4, 0.5) is 4.79 Å². The fourth-order valence-corrected chi connectivity index (χ4v) is 2.51. The van der Waals surface area contributed by atoms with Crippen molar-refractivity contribution in [1.29, 1.82) is 0 Å². The van der Waals surface area contributed by atoms with Gasteiger partial charge < -0.3 is 40.0 Å². The number of nitrogens with two attached hydrogens (primary N) is 1. The van der Waals surface area contributed by atoms with E-state index in [1.54, 1.807) is 19.1 Å². The second-order valence-electron chi connectivity index (χ2n) is 5.66. The molecule has 0 radical (unpaired) electrons. The van der Waals surface area contributed by atoms with E-state index in [0.717, 1.165) is 0 Å². The highest BCUT2D eigenvalue weighted by atomic mass is 16.8. The molecule has 1 heterocycles. The summed E-state index contributed by atoms with van der Waals surface area (Å²) in [5.41, 5.74) is 5.54. The lowest BCUT2D eigenvalue weighted by atomic mass is 9.98. The smallest absolute Gasteiger partial charge is 0.404 e. The van der Waals surface area contributed by atoms with Gasteiger partial charge in [0.15, 0.2) is 6.10 Å². The van der Waals surface area contributed by atoms with Gasteiger partial charge in [-0.1, -0.05) is 12.1 Å². The second-order valence-corrected chi connectivity index (χ2v) is 5.66. The maximum atomic E-state index is 10.6. The van der Waals surface area contributed by atoms with Gasteiger partial charge >= 0.3 is 12.1 Å². The van der Waals surface area contributed by atoms with Crippen LogP contribution in [0.15, 0.2) is 24.3 Å². The summed E-state index contributed by atoms with van der Waals surface area (Å²) < 4.78 is 20.6. The van der Waals surface area contributed by atoms with Gasteiger partial charge in [-0.25, -0.2) is 4.79 Å². The monoisotopic (exact) mass is 357 g/mol. The van der Waals surface area contributed by atoms with E-state index in [2.05, 4.69) is 4.74 Å². The highest BCUT2D eigenvalue weighted by Gasteiger charge is 2.55. The predicted molar refractivity (Wildman–Crippen MR) is 84.4 cm³/mol. The van der Waals surface area contributed by atoms with Crippen molar-refractivity contribution < 1.29 is 39.1 Å². The average Bonchev–Trinajstić information content (AvgIpc) is 2.56. The fraction of sp³-hybridized carbons (Fsp3) is 0.562. The van der Waals surface area contributed by atoms with Gasteiger partial charge in [0.05, 0.1) is 6.10 Å². The number of aliphatic hydroxyl groups excluding tert-OH is 2. The topological polar surface area (TPSA) is 141 Å². The van der Waals surface area contributed by atoms with Gasteiger partial charge in [0.1, 0.15) is 24.6 Å². The molecule has 5 N–H and O–H groups in total. The van der Waals surface area contributed by atoms with Gasteiger partial charge in [-0.05, 0) is 31.5 Å². The molecule has 1 aliphatic heterocycles. The molecule has 1 aromatic carbocycles. The fourth-order valence-electron chi connectivity index (χ4n) is 2.51. The molecule has 25 heavy (non-hydrogen) atoms. The number of amides is 1. The van der Waals surface area contributed by atoms with Crippen molar-refractivity contribution in [2.75, 3.05) is 6.61 Å². The van der Waals surface area contributed by atoms with Crippen LogP contribution in [0.1, 0.15) is 19.4 Å². The van der Waals surface area contributed by atoms with Crippen molar-refractivity contribution in [3.05, 3.63) is 29.8 Å². The number of hydrogen-bond acceptors (Lipinski definition) is 8. The first-order valence-corrected chi connectivity index (χ1v) is 7.85. The van der Waals surface area contributed by atoms with E-state index in [0.29, 0.717) is 5.56 Å². The Bertz CT molecular complexity index is 580. The lowest BCUT2D eigenvalue weighted by Gasteiger charge is -2.45. The Morgan fingerprint density at radius 2 is 1.96 bits per heavy atom. The normalized spacial score (nSPS) is 32.2. The van der Waals surface area contributed by atoms with E-state index in [4.69, 9.17) is 19.9 Å². The zero-order valence-electron chi connectivity index (χ0n) is 14.0. The number of hydrogen-bond donors (Lipinski definition) is 4. The van der Waals surface area contributed by atoms with E-state index in [1.165, 1.54) is 19.1 Å². The van der Waals surface area contributed by atoms with Crippen LogP contribution in [0.3, 0.4) is 0 Å². The molecule has 0 bridgehead atoms. The highest BCUT2D eigenvalue weighted by molar-refractivity contribution is 5.64. The van der Waals surface area contributed by atoms with E-state index in [9.17, 15) is 20.1 Å². The quantitative estimate of drug-likeness (QED) is 0.515. The van der Waals surface area contributed by atoms with Crippen LogP contribution in [-0.4, -0.2) is 58.4 Å². The number of carbonyl (C=O) groups is 1. The zero-order valence-corrected chi connectivity index (χ0v) is 14.0. The summed E-state index contributed by atoms with van der Waals surface area (Å²) in [5, 5.41) is 30.9. The van der Waals surface area contributed by atoms with Crippen LogP contribution in [0.25, 0.3) is 0 Å². The molecule has 2 rings (SSSR count). The molecule has 1 saturated heterocycles. The molecule has 0 saturated carbocycles. The van der Waals surface area contributed by atoms with E-state index in [1.807, 2.05) is 0 Å². The minimum atomic E-state index is -2.39. The molecule has 9 heteroatoms. The summed E-state index contributed by atoms with van der Waals surface area (Å²) in [5.74, 6) is -2.19. The van der Waals surface area contributed by atoms with Crippen LogP contribution in [0.2, 0.25) is 0 Å². The van der Waals surface area contributed by atoms with Gasteiger partial charge in [0.2, 0.25) is 0 Å². The Morgan fingerprint density at radius 1 is 1.32 bits per heavy atom. The van der Waals surface area contributed by atoms with Gasteiger partial charge in [0, 0.05) is 6.61 Å². The first kappa shape index (κ1) is 19.4. The summed E-state index contributed by atoms with van der Waals surface area (Å²) >= 11 is 0. The van der Waals surface area contributed by atoms with Crippen molar-refractivity contribution in [2.24, 2.45) is 5.73 Å². The minimum Gasteiger partial charge on any atom is -0.445 e. The van der Waals surface area contributed by atoms with Crippen LogP contribution in [0, 0.1) is 0 Å².